The summed E-state index contributed by atoms with van der Waals surface area (Å²) in [5.74, 6) is 0.172. The van der Waals surface area contributed by atoms with E-state index in [2.05, 4.69) is 14.5 Å². The number of nitrogens with zero attached hydrogens (tertiary/aromatic N) is 1. The first-order valence-corrected chi connectivity index (χ1v) is 9.81. The van der Waals surface area contributed by atoms with E-state index in [9.17, 15) is 9.59 Å². The van der Waals surface area contributed by atoms with Gasteiger partial charge >= 0.3 is 6.16 Å². The molecule has 178 valence electrons. The predicted octanol–water partition coefficient (Wildman–Crippen LogP) is -0.130. The molecule has 0 saturated carbocycles. The molecule has 0 aromatic heterocycles. The summed E-state index contributed by atoms with van der Waals surface area (Å²) in [6.07, 6.45) is -7.99. The molecule has 0 spiro atoms. The molecule has 1 aliphatic carbocycles. The molecule has 33 heavy (non-hydrogen) atoms. The van der Waals surface area contributed by atoms with Crippen molar-refractivity contribution in [3.8, 4) is 17.2 Å². The molecule has 1 aromatic carbocycles. The van der Waals surface area contributed by atoms with E-state index in [1.54, 1.807) is 18.2 Å². The number of aliphatic hydroxyl groups is 5. The fourth-order valence-electron chi connectivity index (χ4n) is 2.94. The van der Waals surface area contributed by atoms with Crippen LogP contribution in [0, 0.1) is 0 Å². The van der Waals surface area contributed by atoms with Gasteiger partial charge in [0.15, 0.2) is 28.8 Å². The van der Waals surface area contributed by atoms with Crippen LogP contribution in [-0.2, 0) is 9.47 Å². The highest BCUT2D eigenvalue weighted by Gasteiger charge is 2.42. The van der Waals surface area contributed by atoms with Crippen molar-refractivity contribution >= 4 is 28.9 Å². The van der Waals surface area contributed by atoms with Crippen molar-refractivity contribution < 1.29 is 49.0 Å². The fraction of sp³-hybridized carbons (Fsp3) is 0.350. The molecule has 5 atom stereocenters. The quantitative estimate of drug-likeness (QED) is 0.184. The van der Waals surface area contributed by atoms with Gasteiger partial charge in [0.1, 0.15) is 35.6 Å². The number of methoxy groups -OCH3 is 1. The highest BCUT2D eigenvalue weighted by Crippen LogP contribution is 2.32. The Labute approximate surface area is 190 Å². The molecule has 1 fully saturated rings. The number of rotatable bonds is 2. The van der Waals surface area contributed by atoms with E-state index in [4.69, 9.17) is 46.3 Å². The minimum absolute atomic E-state index is 0.0324. The molecule has 12 nitrogen and oxygen atoms in total. The second-order valence-corrected chi connectivity index (χ2v) is 7.31. The standard InChI is InChI=1S/C14H8ClNO5.C6H12O6/c1-19-14(18)21-12-6-8(17)5-11-13(12)16-9-4-7(15)2-3-10(9)20-11;7-1-2-3(8)4(9)5(10)6(11)12-2/h2-6H,1H3;2-11H,1H2/t;2-,3+,4+,5-,6-/m.1/s1. The van der Waals surface area contributed by atoms with E-state index in [1.807, 2.05) is 0 Å². The van der Waals surface area contributed by atoms with Crippen LogP contribution in [0.5, 0.6) is 5.75 Å². The summed E-state index contributed by atoms with van der Waals surface area (Å²) in [5.41, 5.74) is 0.792. The van der Waals surface area contributed by atoms with E-state index in [-0.39, 0.29) is 22.6 Å². The van der Waals surface area contributed by atoms with Crippen molar-refractivity contribution in [2.75, 3.05) is 13.7 Å². The Morgan fingerprint density at radius 3 is 2.52 bits per heavy atom. The Kier molecular flexibility index (Phi) is 7.81. The molecule has 0 bridgehead atoms. The van der Waals surface area contributed by atoms with Gasteiger partial charge in [-0.15, -0.1) is 0 Å². The summed E-state index contributed by atoms with van der Waals surface area (Å²) >= 11 is 5.90. The maximum absolute atomic E-state index is 11.6. The normalized spacial score (nSPS) is 24.8. The number of aromatic nitrogens is 1. The van der Waals surface area contributed by atoms with Crippen LogP contribution < -0.4 is 10.2 Å². The van der Waals surface area contributed by atoms with Crippen LogP contribution in [-0.4, -0.2) is 81.1 Å². The molecule has 0 unspecified atom stereocenters. The molecule has 0 radical (unpaired) electrons. The Hall–Kier alpha value is -2.84. The van der Waals surface area contributed by atoms with Gasteiger partial charge in [0.2, 0.25) is 0 Å². The summed E-state index contributed by atoms with van der Waals surface area (Å²) < 4.78 is 19.5. The molecule has 3 aliphatic rings. The minimum atomic E-state index is -1.57. The lowest BCUT2D eigenvalue weighted by Crippen LogP contribution is -2.58. The zero-order valence-corrected chi connectivity index (χ0v) is 17.7. The Morgan fingerprint density at radius 1 is 1.12 bits per heavy atom. The Bertz CT molecular complexity index is 1150. The van der Waals surface area contributed by atoms with Crippen molar-refractivity contribution in [2.45, 2.75) is 30.7 Å². The summed E-state index contributed by atoms with van der Waals surface area (Å²) in [6, 6.07) is 7.29. The lowest BCUT2D eigenvalue weighted by molar-refractivity contribution is -0.286. The topological polar surface area (TPSA) is 189 Å². The first-order valence-electron chi connectivity index (χ1n) is 9.43. The zero-order valence-electron chi connectivity index (χ0n) is 17.0. The van der Waals surface area contributed by atoms with Crippen LogP contribution in [0.25, 0.3) is 22.6 Å². The molecule has 5 N–H and O–H groups in total. The molecule has 2 heterocycles. The van der Waals surface area contributed by atoms with E-state index < -0.39 is 43.5 Å². The first kappa shape index (κ1) is 24.8. The van der Waals surface area contributed by atoms with E-state index in [0.717, 1.165) is 6.07 Å². The maximum Gasteiger partial charge on any atom is 0.513 e. The number of ether oxygens (including phenoxy) is 3. The molecular formula is C20H20ClNO11. The molecule has 0 amide bonds. The second-order valence-electron chi connectivity index (χ2n) is 6.87. The van der Waals surface area contributed by atoms with Gasteiger partial charge in [0, 0.05) is 17.2 Å². The molecule has 13 heteroatoms. The van der Waals surface area contributed by atoms with Gasteiger partial charge in [-0.3, -0.25) is 4.79 Å². The van der Waals surface area contributed by atoms with Gasteiger partial charge in [-0.2, -0.15) is 0 Å². The summed E-state index contributed by atoms with van der Waals surface area (Å²) in [4.78, 5) is 27.2. The van der Waals surface area contributed by atoms with Crippen LogP contribution >= 0.6 is 11.6 Å². The number of aliphatic hydroxyl groups excluding tert-OH is 5. The SMILES string of the molecule is COC(=O)Oc1cc(=O)cc2oc3ccc(Cl)cc3nc1-2.OC[C@H]1O[C@@H](O)[C@H](O)[C@@H](O)[C@H]1O. The van der Waals surface area contributed by atoms with Crippen LogP contribution in [0.4, 0.5) is 4.79 Å². The van der Waals surface area contributed by atoms with Crippen molar-refractivity contribution in [3.63, 3.8) is 0 Å². The number of benzene rings is 2. The van der Waals surface area contributed by atoms with Crippen LogP contribution in [0.1, 0.15) is 0 Å². The number of hydrogen-bond acceptors (Lipinski definition) is 12. The zero-order chi connectivity index (χ0) is 24.3. The van der Waals surface area contributed by atoms with Gasteiger partial charge < -0.3 is 44.2 Å². The summed E-state index contributed by atoms with van der Waals surface area (Å²) in [5, 5.41) is 45.1. The molecular weight excluding hydrogens is 466 g/mol. The van der Waals surface area contributed by atoms with Crippen LogP contribution in [0.3, 0.4) is 0 Å². The average molecular weight is 486 g/mol. The first-order chi connectivity index (χ1) is 15.6. The van der Waals surface area contributed by atoms with Crippen molar-refractivity contribution in [3.05, 3.63) is 45.6 Å². The fourth-order valence-corrected chi connectivity index (χ4v) is 3.11. The van der Waals surface area contributed by atoms with Crippen molar-refractivity contribution in [1.82, 2.24) is 4.98 Å². The molecule has 1 saturated heterocycles. The van der Waals surface area contributed by atoms with Gasteiger partial charge in [0.05, 0.1) is 13.7 Å². The van der Waals surface area contributed by atoms with Crippen LogP contribution in [0.2, 0.25) is 5.02 Å². The van der Waals surface area contributed by atoms with Crippen LogP contribution in [0.15, 0.2) is 39.5 Å². The third-order valence-electron chi connectivity index (χ3n) is 4.61. The predicted molar refractivity (Wildman–Crippen MR) is 111 cm³/mol. The second kappa shape index (κ2) is 10.4. The summed E-state index contributed by atoms with van der Waals surface area (Å²) in [7, 11) is 1.17. The largest absolute Gasteiger partial charge is 0.513 e. The number of fused-ring (bicyclic) bond motifs is 2. The van der Waals surface area contributed by atoms with Crippen molar-refractivity contribution in [2.24, 2.45) is 0 Å². The lowest BCUT2D eigenvalue weighted by atomic mass is 10.00. The number of carbonyl (C=O) groups is 1. The van der Waals surface area contributed by atoms with E-state index >= 15 is 0 Å². The third kappa shape index (κ3) is 5.57. The number of halogens is 1. The highest BCUT2D eigenvalue weighted by molar-refractivity contribution is 6.31. The third-order valence-corrected chi connectivity index (χ3v) is 4.85. The smallest absolute Gasteiger partial charge is 0.453 e. The van der Waals surface area contributed by atoms with Gasteiger partial charge in [-0.25, -0.2) is 9.78 Å². The molecule has 4 rings (SSSR count). The van der Waals surface area contributed by atoms with Crippen molar-refractivity contribution in [1.29, 1.82) is 0 Å². The van der Waals surface area contributed by atoms with Gasteiger partial charge in [-0.1, -0.05) is 11.6 Å². The Balaban J connectivity index is 0.000000218. The minimum Gasteiger partial charge on any atom is -0.453 e. The van der Waals surface area contributed by atoms with Gasteiger partial charge in [-0.05, 0) is 18.2 Å². The number of hydrogen-bond donors (Lipinski definition) is 5. The highest BCUT2D eigenvalue weighted by atomic mass is 35.5. The molecule has 1 aromatic rings. The monoisotopic (exact) mass is 485 g/mol. The summed E-state index contributed by atoms with van der Waals surface area (Å²) in [6.45, 7) is -0.526. The van der Waals surface area contributed by atoms with Gasteiger partial charge in [0.25, 0.3) is 0 Å². The van der Waals surface area contributed by atoms with E-state index in [1.165, 1.54) is 13.2 Å². The Morgan fingerprint density at radius 2 is 1.85 bits per heavy atom. The van der Waals surface area contributed by atoms with E-state index in [0.29, 0.717) is 16.1 Å². The lowest BCUT2D eigenvalue weighted by Gasteiger charge is -2.37. The number of carbonyl (C=O) groups excluding carboxylic acids is 1. The average Bonchev–Trinajstić information content (AvgIpc) is 2.79. The maximum atomic E-state index is 11.6. The molecule has 2 aliphatic heterocycles.